The topological polar surface area (TPSA) is 0 Å². The van der Waals surface area contributed by atoms with Gasteiger partial charge in [-0.2, -0.15) is 0 Å². The summed E-state index contributed by atoms with van der Waals surface area (Å²) in [7, 11) is 0. The van der Waals surface area contributed by atoms with E-state index in [0.717, 1.165) is 46.9 Å². The lowest BCUT2D eigenvalue weighted by atomic mass is 10.0. The highest BCUT2D eigenvalue weighted by Gasteiger charge is 2.01. The van der Waals surface area contributed by atoms with Crippen LogP contribution >= 0.6 is 11.6 Å². The molecule has 0 aromatic heterocycles. The van der Waals surface area contributed by atoms with Crippen LogP contribution in [0.4, 0.5) is 8.78 Å². The van der Waals surface area contributed by atoms with E-state index in [0.29, 0.717) is 17.8 Å². The maximum atomic E-state index is 13.0. The van der Waals surface area contributed by atoms with Crippen LogP contribution in [-0.4, -0.2) is 0 Å². The van der Waals surface area contributed by atoms with Gasteiger partial charge in [0, 0.05) is 5.02 Å². The van der Waals surface area contributed by atoms with E-state index in [1.807, 2.05) is 36.4 Å². The van der Waals surface area contributed by atoms with Gasteiger partial charge in [-0.25, -0.2) is 8.78 Å². The summed E-state index contributed by atoms with van der Waals surface area (Å²) in [5.74, 6) is 2.42. The molecule has 45 heavy (non-hydrogen) atoms. The fraction of sp³-hybridized carbons (Fsp3) is 0.429. The Kier molecular flexibility index (Phi) is 19.3. The van der Waals surface area contributed by atoms with Gasteiger partial charge in [-0.1, -0.05) is 133 Å². The van der Waals surface area contributed by atoms with Gasteiger partial charge in [0.25, 0.3) is 0 Å². The molecule has 0 bridgehead atoms. The zero-order valence-corrected chi connectivity index (χ0v) is 30.2. The van der Waals surface area contributed by atoms with Crippen molar-refractivity contribution in [1.29, 1.82) is 0 Å². The Morgan fingerprint density at radius 3 is 1.36 bits per heavy atom. The molecular formula is C42H57ClF2. The molecule has 3 heteroatoms. The van der Waals surface area contributed by atoms with E-state index in [9.17, 15) is 8.78 Å². The first kappa shape index (κ1) is 40.1. The normalized spacial score (nSPS) is 10.6. The number of aryl methyl sites for hydroxylation is 2. The fourth-order valence-electron chi connectivity index (χ4n) is 4.70. The summed E-state index contributed by atoms with van der Waals surface area (Å²) in [6.45, 7) is 21.4. The summed E-state index contributed by atoms with van der Waals surface area (Å²) >= 11 is 5.83. The zero-order valence-electron chi connectivity index (χ0n) is 29.4. The van der Waals surface area contributed by atoms with Gasteiger partial charge in [-0.3, -0.25) is 0 Å². The molecule has 0 fully saturated rings. The second-order valence-electron chi connectivity index (χ2n) is 13.7. The van der Waals surface area contributed by atoms with Crippen molar-refractivity contribution in [3.05, 3.63) is 141 Å². The lowest BCUT2D eigenvalue weighted by Crippen LogP contribution is -1.95. The highest BCUT2D eigenvalue weighted by molar-refractivity contribution is 6.30. The van der Waals surface area contributed by atoms with Crippen molar-refractivity contribution in [2.24, 2.45) is 23.7 Å². The zero-order chi connectivity index (χ0) is 33.9. The predicted molar refractivity (Wildman–Crippen MR) is 194 cm³/mol. The van der Waals surface area contributed by atoms with Gasteiger partial charge >= 0.3 is 0 Å². The lowest BCUT2D eigenvalue weighted by Gasteiger charge is -2.05. The molecule has 0 radical (unpaired) electrons. The number of hydrogen-bond acceptors (Lipinski definition) is 0. The first-order chi connectivity index (χ1) is 21.1. The van der Waals surface area contributed by atoms with Gasteiger partial charge in [0.15, 0.2) is 0 Å². The quantitative estimate of drug-likeness (QED) is 0.181. The van der Waals surface area contributed by atoms with Crippen molar-refractivity contribution < 1.29 is 8.78 Å². The first-order valence-electron chi connectivity index (χ1n) is 16.4. The van der Waals surface area contributed by atoms with Crippen LogP contribution in [0, 0.1) is 49.2 Å². The second-order valence-corrected chi connectivity index (χ2v) is 14.2. The molecule has 4 aromatic carbocycles. The molecule has 0 spiro atoms. The van der Waals surface area contributed by atoms with Crippen molar-refractivity contribution in [2.45, 2.75) is 94.9 Å². The summed E-state index contributed by atoms with van der Waals surface area (Å²) in [6.07, 6.45) is 4.22. The van der Waals surface area contributed by atoms with Crippen molar-refractivity contribution in [2.75, 3.05) is 0 Å². The molecule has 4 aromatic rings. The summed E-state index contributed by atoms with van der Waals surface area (Å²) in [5, 5.41) is 0.836. The van der Waals surface area contributed by atoms with Gasteiger partial charge < -0.3 is 0 Å². The number of halogens is 3. The van der Waals surface area contributed by atoms with Gasteiger partial charge in [0.2, 0.25) is 0 Å². The SMILES string of the molecule is CC(C)Cc1cccc(Cl)c1.CC(C)Cc1cccc(F)c1.Cc1ccc(CC(C)C)cc1.Cc1ccc(CC(C)C)cc1F. The van der Waals surface area contributed by atoms with E-state index in [4.69, 9.17) is 11.6 Å². The average Bonchev–Trinajstić information content (AvgIpc) is 2.92. The molecule has 0 unspecified atom stereocenters. The number of benzene rings is 4. The van der Waals surface area contributed by atoms with Gasteiger partial charge in [-0.15, -0.1) is 0 Å². The predicted octanol–water partition coefficient (Wildman–Crippen LogP) is 13.1. The average molecular weight is 635 g/mol. The van der Waals surface area contributed by atoms with Crippen molar-refractivity contribution in [3.8, 4) is 0 Å². The summed E-state index contributed by atoms with van der Waals surface area (Å²) in [6, 6.07) is 29.1. The molecule has 0 amide bonds. The molecule has 0 aliphatic rings. The highest BCUT2D eigenvalue weighted by atomic mass is 35.5. The number of rotatable bonds is 8. The maximum Gasteiger partial charge on any atom is 0.126 e. The Balaban J connectivity index is 0.000000300. The van der Waals surface area contributed by atoms with Crippen molar-refractivity contribution in [3.63, 3.8) is 0 Å². The maximum absolute atomic E-state index is 13.0. The minimum Gasteiger partial charge on any atom is -0.207 e. The minimum absolute atomic E-state index is 0.0897. The molecule has 246 valence electrons. The van der Waals surface area contributed by atoms with Crippen molar-refractivity contribution >= 4 is 11.6 Å². The smallest absolute Gasteiger partial charge is 0.126 e. The lowest BCUT2D eigenvalue weighted by molar-refractivity contribution is 0.605. The summed E-state index contributed by atoms with van der Waals surface area (Å²) < 4.78 is 25.6. The van der Waals surface area contributed by atoms with E-state index >= 15 is 0 Å². The summed E-state index contributed by atoms with van der Waals surface area (Å²) in [4.78, 5) is 0. The Hall–Kier alpha value is -2.97. The molecular weight excluding hydrogens is 578 g/mol. The Labute approximate surface area is 279 Å². The molecule has 0 nitrogen and oxygen atoms in total. The van der Waals surface area contributed by atoms with Crippen LogP contribution in [0.3, 0.4) is 0 Å². The van der Waals surface area contributed by atoms with Crippen LogP contribution < -0.4 is 0 Å². The Morgan fingerprint density at radius 1 is 0.489 bits per heavy atom. The van der Waals surface area contributed by atoms with Gasteiger partial charge in [0.1, 0.15) is 11.6 Å². The molecule has 0 saturated heterocycles. The fourth-order valence-corrected chi connectivity index (χ4v) is 4.91. The van der Waals surface area contributed by atoms with Crippen LogP contribution in [0.1, 0.15) is 88.8 Å². The van der Waals surface area contributed by atoms with Crippen LogP contribution in [-0.2, 0) is 25.7 Å². The molecule has 0 aliphatic carbocycles. The third-order valence-electron chi connectivity index (χ3n) is 6.71. The molecule has 0 atom stereocenters. The van der Waals surface area contributed by atoms with Gasteiger partial charge in [0.05, 0.1) is 0 Å². The molecule has 0 aliphatic heterocycles. The summed E-state index contributed by atoms with van der Waals surface area (Å²) in [5.41, 5.74) is 7.02. The molecule has 0 heterocycles. The Morgan fingerprint density at radius 2 is 0.911 bits per heavy atom. The van der Waals surface area contributed by atoms with E-state index < -0.39 is 0 Å². The molecule has 0 N–H and O–H groups in total. The first-order valence-corrected chi connectivity index (χ1v) is 16.8. The number of hydrogen-bond donors (Lipinski definition) is 0. The van der Waals surface area contributed by atoms with Crippen LogP contribution in [0.25, 0.3) is 0 Å². The third kappa shape index (κ3) is 19.9. The van der Waals surface area contributed by atoms with Crippen LogP contribution in [0.15, 0.2) is 91.0 Å². The molecule has 4 rings (SSSR count). The van der Waals surface area contributed by atoms with E-state index in [-0.39, 0.29) is 11.6 Å². The highest BCUT2D eigenvalue weighted by Crippen LogP contribution is 2.15. The van der Waals surface area contributed by atoms with E-state index in [2.05, 4.69) is 92.6 Å². The van der Waals surface area contributed by atoms with E-state index in [1.54, 1.807) is 25.1 Å². The van der Waals surface area contributed by atoms with E-state index in [1.165, 1.54) is 29.2 Å². The standard InChI is InChI=1S/C11H15F.C11H16.C10H13Cl.C10H13F/c1-8(2)6-10-5-4-9(3)11(12)7-10;1-9(2)8-11-6-4-10(3)5-7-11;2*1-8(2)6-9-4-3-5-10(11)7-9/h4-5,7-8H,6H2,1-3H3;4-7,9H,8H2,1-3H3;2*3-5,7-8H,6H2,1-2H3. The second kappa shape index (κ2) is 21.7. The Bertz CT molecular complexity index is 1300. The van der Waals surface area contributed by atoms with Crippen LogP contribution in [0.2, 0.25) is 5.02 Å². The largest absolute Gasteiger partial charge is 0.207 e. The van der Waals surface area contributed by atoms with Gasteiger partial charge in [-0.05, 0) is 121 Å². The molecule has 0 saturated carbocycles. The van der Waals surface area contributed by atoms with Crippen molar-refractivity contribution in [1.82, 2.24) is 0 Å². The minimum atomic E-state index is -0.136. The monoisotopic (exact) mass is 634 g/mol. The van der Waals surface area contributed by atoms with Crippen LogP contribution in [0.5, 0.6) is 0 Å². The third-order valence-corrected chi connectivity index (χ3v) is 6.95.